The van der Waals surface area contributed by atoms with Gasteiger partial charge in [-0.2, -0.15) is 0 Å². The van der Waals surface area contributed by atoms with Gasteiger partial charge in [-0.3, -0.25) is 4.79 Å². The molecule has 112 valence electrons. The molecule has 0 aliphatic rings. The second-order valence-corrected chi connectivity index (χ2v) is 5.43. The maximum atomic E-state index is 12.1. The fraction of sp³-hybridized carbons (Fsp3) is 0.176. The summed E-state index contributed by atoms with van der Waals surface area (Å²) in [5.41, 5.74) is 4.21. The molecule has 5 nitrogen and oxygen atoms in total. The van der Waals surface area contributed by atoms with E-state index in [1.165, 1.54) is 0 Å². The quantitative estimate of drug-likeness (QED) is 0.730. The van der Waals surface area contributed by atoms with Gasteiger partial charge < -0.3 is 14.8 Å². The monoisotopic (exact) mass is 295 g/mol. The Morgan fingerprint density at radius 1 is 1.27 bits per heavy atom. The summed E-state index contributed by atoms with van der Waals surface area (Å²) >= 11 is 0. The summed E-state index contributed by atoms with van der Waals surface area (Å²) in [5, 5.41) is 12.2. The first-order chi connectivity index (χ1) is 10.5. The number of carbonyl (C=O) groups excluding carboxylic acids is 1. The van der Waals surface area contributed by atoms with Gasteiger partial charge in [0.2, 0.25) is 5.91 Å². The predicted octanol–water partition coefficient (Wildman–Crippen LogP) is 2.84. The molecule has 3 aromatic rings. The number of imidazole rings is 1. The Kier molecular flexibility index (Phi) is 3.55. The van der Waals surface area contributed by atoms with Gasteiger partial charge in [0.15, 0.2) is 0 Å². The van der Waals surface area contributed by atoms with E-state index in [1.807, 2.05) is 42.8 Å². The number of nitrogens with one attached hydrogen (secondary N) is 1. The number of amides is 1. The number of phenols is 1. The van der Waals surface area contributed by atoms with E-state index in [4.69, 9.17) is 0 Å². The van der Waals surface area contributed by atoms with Crippen molar-refractivity contribution in [1.82, 2.24) is 9.38 Å². The van der Waals surface area contributed by atoms with Crippen molar-refractivity contribution in [2.24, 2.45) is 0 Å². The van der Waals surface area contributed by atoms with Gasteiger partial charge in [-0.15, -0.1) is 0 Å². The van der Waals surface area contributed by atoms with Crippen molar-refractivity contribution in [1.29, 1.82) is 0 Å². The second kappa shape index (κ2) is 5.52. The molecular weight excluding hydrogens is 278 g/mol. The van der Waals surface area contributed by atoms with Gasteiger partial charge in [0.25, 0.3) is 0 Å². The van der Waals surface area contributed by atoms with Crippen molar-refractivity contribution in [2.75, 3.05) is 5.32 Å². The summed E-state index contributed by atoms with van der Waals surface area (Å²) in [7, 11) is 0. The summed E-state index contributed by atoms with van der Waals surface area (Å²) in [5.74, 6) is 0.0557. The van der Waals surface area contributed by atoms with Crippen LogP contribution in [-0.4, -0.2) is 20.4 Å². The minimum absolute atomic E-state index is 0.131. The molecule has 0 saturated carbocycles. The number of aromatic nitrogens is 2. The largest absolute Gasteiger partial charge is 0.508 e. The van der Waals surface area contributed by atoms with Gasteiger partial charge in [0.1, 0.15) is 11.4 Å². The highest BCUT2D eigenvalue weighted by atomic mass is 16.3. The van der Waals surface area contributed by atoms with Crippen LogP contribution in [0.4, 0.5) is 5.69 Å². The summed E-state index contributed by atoms with van der Waals surface area (Å²) in [6.45, 7) is 3.84. The maximum Gasteiger partial charge on any atom is 0.230 e. The van der Waals surface area contributed by atoms with E-state index in [0.717, 1.165) is 22.5 Å². The number of fused-ring (bicyclic) bond motifs is 1. The Bertz CT molecular complexity index is 852. The van der Waals surface area contributed by atoms with E-state index in [2.05, 4.69) is 10.3 Å². The molecule has 1 aromatic carbocycles. The zero-order valence-corrected chi connectivity index (χ0v) is 12.5. The van der Waals surface area contributed by atoms with Crippen molar-refractivity contribution in [3.05, 3.63) is 59.5 Å². The summed E-state index contributed by atoms with van der Waals surface area (Å²) in [6.07, 6.45) is 4.00. The molecule has 5 heteroatoms. The Morgan fingerprint density at radius 2 is 2.09 bits per heavy atom. The molecule has 22 heavy (non-hydrogen) atoms. The standard InChI is InChI=1S/C17H17N3O2/c1-11-5-6-20-10-13(18-16(20)7-11)9-17(22)19-15-4-3-14(21)8-12(15)2/h3-8,10,21H,9H2,1-2H3,(H,19,22). The molecule has 0 radical (unpaired) electrons. The van der Waals surface area contributed by atoms with Crippen molar-refractivity contribution in [3.63, 3.8) is 0 Å². The van der Waals surface area contributed by atoms with Crippen molar-refractivity contribution in [3.8, 4) is 5.75 Å². The van der Waals surface area contributed by atoms with E-state index >= 15 is 0 Å². The molecule has 0 spiro atoms. The number of nitrogens with zero attached hydrogens (tertiary/aromatic N) is 2. The molecular formula is C17H17N3O2. The highest BCUT2D eigenvalue weighted by Gasteiger charge is 2.09. The Labute approximate surface area is 128 Å². The highest BCUT2D eigenvalue weighted by Crippen LogP contribution is 2.20. The van der Waals surface area contributed by atoms with Gasteiger partial charge in [-0.05, 0) is 55.3 Å². The predicted molar refractivity (Wildman–Crippen MR) is 85.1 cm³/mol. The first kappa shape index (κ1) is 14.1. The topological polar surface area (TPSA) is 66.6 Å². The van der Waals surface area contributed by atoms with Crippen LogP contribution in [0.2, 0.25) is 0 Å². The fourth-order valence-electron chi connectivity index (χ4n) is 2.37. The van der Waals surface area contributed by atoms with E-state index in [9.17, 15) is 9.90 Å². The Morgan fingerprint density at radius 3 is 2.86 bits per heavy atom. The summed E-state index contributed by atoms with van der Waals surface area (Å²) in [4.78, 5) is 16.6. The van der Waals surface area contributed by atoms with E-state index < -0.39 is 0 Å². The first-order valence-electron chi connectivity index (χ1n) is 7.05. The molecule has 0 atom stereocenters. The number of carbonyl (C=O) groups is 1. The average molecular weight is 295 g/mol. The number of aromatic hydroxyl groups is 1. The zero-order valence-electron chi connectivity index (χ0n) is 12.5. The number of benzene rings is 1. The number of hydrogen-bond donors (Lipinski definition) is 2. The fourth-order valence-corrected chi connectivity index (χ4v) is 2.37. The lowest BCUT2D eigenvalue weighted by molar-refractivity contribution is -0.115. The number of aryl methyl sites for hydroxylation is 2. The minimum Gasteiger partial charge on any atom is -0.508 e. The highest BCUT2D eigenvalue weighted by molar-refractivity contribution is 5.92. The van der Waals surface area contributed by atoms with E-state index in [-0.39, 0.29) is 18.1 Å². The third-order valence-corrected chi connectivity index (χ3v) is 3.49. The molecule has 1 amide bonds. The molecule has 0 unspecified atom stereocenters. The number of pyridine rings is 1. The first-order valence-corrected chi connectivity index (χ1v) is 7.05. The van der Waals surface area contributed by atoms with Gasteiger partial charge in [0.05, 0.1) is 12.1 Å². The van der Waals surface area contributed by atoms with Crippen LogP contribution in [0, 0.1) is 13.8 Å². The molecule has 0 aliphatic heterocycles. The van der Waals surface area contributed by atoms with Gasteiger partial charge in [-0.25, -0.2) is 4.98 Å². The third kappa shape index (κ3) is 2.93. The van der Waals surface area contributed by atoms with Crippen LogP contribution in [0.15, 0.2) is 42.7 Å². The van der Waals surface area contributed by atoms with Crippen LogP contribution in [0.25, 0.3) is 5.65 Å². The number of hydrogen-bond acceptors (Lipinski definition) is 3. The van der Waals surface area contributed by atoms with Gasteiger partial charge in [0, 0.05) is 18.1 Å². The van der Waals surface area contributed by atoms with Crippen molar-refractivity contribution < 1.29 is 9.90 Å². The Balaban J connectivity index is 1.75. The van der Waals surface area contributed by atoms with Crippen LogP contribution >= 0.6 is 0 Å². The van der Waals surface area contributed by atoms with Crippen LogP contribution in [0.5, 0.6) is 5.75 Å². The number of phenolic OH excluding ortho intramolecular Hbond substituents is 1. The van der Waals surface area contributed by atoms with Crippen molar-refractivity contribution >= 4 is 17.2 Å². The van der Waals surface area contributed by atoms with Crippen LogP contribution in [0.3, 0.4) is 0 Å². The van der Waals surface area contributed by atoms with Crippen molar-refractivity contribution in [2.45, 2.75) is 20.3 Å². The average Bonchev–Trinajstić information content (AvgIpc) is 2.83. The SMILES string of the molecule is Cc1ccn2cc(CC(=O)Nc3ccc(O)cc3C)nc2c1. The van der Waals surface area contributed by atoms with E-state index in [1.54, 1.807) is 18.2 Å². The van der Waals surface area contributed by atoms with Crippen LogP contribution < -0.4 is 5.32 Å². The molecule has 2 N–H and O–H groups in total. The summed E-state index contributed by atoms with van der Waals surface area (Å²) < 4.78 is 1.90. The summed E-state index contributed by atoms with van der Waals surface area (Å²) in [6, 6.07) is 8.83. The molecule has 3 rings (SSSR count). The maximum absolute atomic E-state index is 12.1. The smallest absolute Gasteiger partial charge is 0.230 e. The Hall–Kier alpha value is -2.82. The number of anilines is 1. The lowest BCUT2D eigenvalue weighted by Gasteiger charge is -2.07. The molecule has 0 aliphatic carbocycles. The molecule has 0 bridgehead atoms. The second-order valence-electron chi connectivity index (χ2n) is 5.43. The molecule has 0 saturated heterocycles. The minimum atomic E-state index is -0.131. The molecule has 2 heterocycles. The van der Waals surface area contributed by atoms with E-state index in [0.29, 0.717) is 5.69 Å². The van der Waals surface area contributed by atoms with Gasteiger partial charge >= 0.3 is 0 Å². The molecule has 0 fully saturated rings. The van der Waals surface area contributed by atoms with Crippen LogP contribution in [-0.2, 0) is 11.2 Å². The number of rotatable bonds is 3. The lowest BCUT2D eigenvalue weighted by atomic mass is 10.2. The normalized spacial score (nSPS) is 10.8. The third-order valence-electron chi connectivity index (χ3n) is 3.49. The van der Waals surface area contributed by atoms with Crippen LogP contribution in [0.1, 0.15) is 16.8 Å². The van der Waals surface area contributed by atoms with Gasteiger partial charge in [-0.1, -0.05) is 0 Å². The lowest BCUT2D eigenvalue weighted by Crippen LogP contribution is -2.15. The molecule has 2 aromatic heterocycles. The zero-order chi connectivity index (χ0) is 15.7.